The van der Waals surface area contributed by atoms with E-state index in [4.69, 9.17) is 4.74 Å². The number of hydrogen-bond acceptors (Lipinski definition) is 5. The monoisotopic (exact) mass is 367 g/mol. The zero-order valence-electron chi connectivity index (χ0n) is 14.9. The molecule has 0 atom stereocenters. The number of hydrazone groups is 1. The van der Waals surface area contributed by atoms with Gasteiger partial charge >= 0.3 is 5.97 Å². The molecule has 0 amide bonds. The summed E-state index contributed by atoms with van der Waals surface area (Å²) in [4.78, 5) is 15.9. The Balaban J connectivity index is 1.37. The number of nitrogens with zero attached hydrogens (tertiary/aromatic N) is 2. The lowest BCUT2D eigenvalue weighted by Gasteiger charge is -2.04. The maximum Gasteiger partial charge on any atom is 0.345 e. The molecular weight excluding hydrogens is 350 g/mol. The van der Waals surface area contributed by atoms with E-state index in [9.17, 15) is 4.79 Å². The van der Waals surface area contributed by atoms with E-state index >= 15 is 0 Å². The predicted octanol–water partition coefficient (Wildman–Crippen LogP) is 4.90. The number of anilines is 1. The van der Waals surface area contributed by atoms with Gasteiger partial charge in [-0.1, -0.05) is 30.3 Å². The molecule has 136 valence electrons. The number of aromatic nitrogens is 1. The van der Waals surface area contributed by atoms with E-state index in [1.165, 1.54) is 11.6 Å². The number of fused-ring (bicyclic) bond motifs is 1. The van der Waals surface area contributed by atoms with Crippen LogP contribution in [0.4, 0.5) is 5.69 Å². The summed E-state index contributed by atoms with van der Waals surface area (Å²) in [7, 11) is 0. The third-order valence-electron chi connectivity index (χ3n) is 4.14. The quantitative estimate of drug-likeness (QED) is 0.236. The minimum atomic E-state index is -0.438. The van der Waals surface area contributed by atoms with E-state index in [0.717, 1.165) is 16.6 Å². The summed E-state index contributed by atoms with van der Waals surface area (Å²) in [5, 5.41) is 6.61. The average molecular weight is 367 g/mol. The molecule has 0 radical (unpaired) electrons. The van der Waals surface area contributed by atoms with Crippen LogP contribution in [-0.4, -0.2) is 17.2 Å². The Hall–Kier alpha value is -3.99. The lowest BCUT2D eigenvalue weighted by molar-refractivity contribution is 0.0734. The first-order valence-corrected chi connectivity index (χ1v) is 8.78. The van der Waals surface area contributed by atoms with Crippen LogP contribution in [0.25, 0.3) is 10.8 Å². The highest BCUT2D eigenvalue weighted by Crippen LogP contribution is 2.19. The van der Waals surface area contributed by atoms with Gasteiger partial charge in [0.25, 0.3) is 0 Å². The summed E-state index contributed by atoms with van der Waals surface area (Å²) in [6, 6.07) is 24.7. The summed E-state index contributed by atoms with van der Waals surface area (Å²) in [6.45, 7) is 0. The lowest BCUT2D eigenvalue weighted by Crippen LogP contribution is -2.08. The van der Waals surface area contributed by atoms with Gasteiger partial charge in [-0.15, -0.1) is 0 Å². The van der Waals surface area contributed by atoms with E-state index in [1.807, 2.05) is 36.4 Å². The molecule has 3 aromatic carbocycles. The lowest BCUT2D eigenvalue weighted by atomic mass is 10.1. The van der Waals surface area contributed by atoms with Gasteiger partial charge in [0.1, 0.15) is 5.75 Å². The fraction of sp³-hybridized carbons (Fsp3) is 0. The Morgan fingerprint density at radius 2 is 1.75 bits per heavy atom. The minimum Gasteiger partial charge on any atom is -0.423 e. The van der Waals surface area contributed by atoms with Crippen LogP contribution in [0.1, 0.15) is 15.9 Å². The fourth-order valence-corrected chi connectivity index (χ4v) is 2.71. The number of benzene rings is 3. The van der Waals surface area contributed by atoms with Crippen LogP contribution in [0.2, 0.25) is 0 Å². The molecular formula is C23H17N3O2. The highest BCUT2D eigenvalue weighted by molar-refractivity contribution is 5.91. The topological polar surface area (TPSA) is 63.6 Å². The summed E-state index contributed by atoms with van der Waals surface area (Å²) in [5.41, 5.74) is 5.24. The maximum atomic E-state index is 12.0. The van der Waals surface area contributed by atoms with Gasteiger partial charge < -0.3 is 4.74 Å². The van der Waals surface area contributed by atoms with Crippen LogP contribution in [0.5, 0.6) is 5.75 Å². The van der Waals surface area contributed by atoms with Crippen molar-refractivity contribution in [3.8, 4) is 5.75 Å². The van der Waals surface area contributed by atoms with Gasteiger partial charge in [0.15, 0.2) is 0 Å². The Kier molecular flexibility index (Phi) is 5.06. The van der Waals surface area contributed by atoms with Crippen LogP contribution in [0.15, 0.2) is 96.4 Å². The van der Waals surface area contributed by atoms with E-state index in [2.05, 4.69) is 33.7 Å². The van der Waals surface area contributed by atoms with Gasteiger partial charge in [-0.25, -0.2) is 4.79 Å². The third kappa shape index (κ3) is 4.22. The predicted molar refractivity (Wildman–Crippen MR) is 111 cm³/mol. The molecule has 0 spiro atoms. The number of hydrogen-bond donors (Lipinski definition) is 1. The largest absolute Gasteiger partial charge is 0.423 e. The Morgan fingerprint density at radius 1 is 0.929 bits per heavy atom. The molecule has 4 aromatic rings. The molecule has 0 unspecified atom stereocenters. The molecule has 0 aliphatic rings. The fourth-order valence-electron chi connectivity index (χ4n) is 2.71. The van der Waals surface area contributed by atoms with Gasteiger partial charge in [-0.05, 0) is 64.9 Å². The van der Waals surface area contributed by atoms with Crippen molar-refractivity contribution in [1.29, 1.82) is 0 Å². The average Bonchev–Trinajstić information content (AvgIpc) is 2.75. The van der Waals surface area contributed by atoms with Crippen LogP contribution in [0.3, 0.4) is 0 Å². The van der Waals surface area contributed by atoms with E-state index in [1.54, 1.807) is 36.7 Å². The molecule has 0 saturated carbocycles. The second kappa shape index (κ2) is 8.14. The SMILES string of the molecule is O=C(Oc1ccc(/C=N/Nc2ccc3ccccc3c2)cc1)c1cccnc1. The maximum absolute atomic E-state index is 12.0. The first-order valence-electron chi connectivity index (χ1n) is 8.78. The van der Waals surface area contributed by atoms with Crippen LogP contribution in [0, 0.1) is 0 Å². The van der Waals surface area contributed by atoms with Crippen molar-refractivity contribution >= 4 is 28.6 Å². The van der Waals surface area contributed by atoms with Gasteiger partial charge in [-0.3, -0.25) is 10.4 Å². The van der Waals surface area contributed by atoms with Gasteiger partial charge in [0.05, 0.1) is 17.5 Å². The molecule has 1 aromatic heterocycles. The molecule has 0 bridgehead atoms. The highest BCUT2D eigenvalue weighted by atomic mass is 16.5. The molecule has 4 rings (SSSR count). The number of rotatable bonds is 5. The summed E-state index contributed by atoms with van der Waals surface area (Å²) in [6.07, 6.45) is 4.79. The minimum absolute atomic E-state index is 0.410. The van der Waals surface area contributed by atoms with Crippen LogP contribution >= 0.6 is 0 Å². The third-order valence-corrected chi connectivity index (χ3v) is 4.14. The van der Waals surface area contributed by atoms with Crippen LogP contribution < -0.4 is 10.2 Å². The molecule has 28 heavy (non-hydrogen) atoms. The molecule has 0 saturated heterocycles. The van der Waals surface area contributed by atoms with Crippen molar-refractivity contribution in [3.05, 3.63) is 102 Å². The van der Waals surface area contributed by atoms with E-state index in [0.29, 0.717) is 11.3 Å². The number of pyridine rings is 1. The molecule has 5 nitrogen and oxygen atoms in total. The zero-order valence-corrected chi connectivity index (χ0v) is 14.9. The molecule has 5 heteroatoms. The Bertz CT molecular complexity index is 1120. The zero-order chi connectivity index (χ0) is 19.2. The highest BCUT2D eigenvalue weighted by Gasteiger charge is 2.07. The molecule has 0 fully saturated rings. The molecule has 1 heterocycles. The Morgan fingerprint density at radius 3 is 2.54 bits per heavy atom. The van der Waals surface area contributed by atoms with Gasteiger partial charge in [0.2, 0.25) is 0 Å². The van der Waals surface area contributed by atoms with Gasteiger partial charge in [-0.2, -0.15) is 5.10 Å². The van der Waals surface area contributed by atoms with Crippen molar-refractivity contribution in [3.63, 3.8) is 0 Å². The summed E-state index contributed by atoms with van der Waals surface area (Å²) in [5.74, 6) is 0.0287. The second-order valence-corrected chi connectivity index (χ2v) is 6.13. The smallest absolute Gasteiger partial charge is 0.345 e. The number of carbonyl (C=O) groups is 1. The Labute approximate surface area is 162 Å². The number of nitrogens with one attached hydrogen (secondary N) is 1. The van der Waals surface area contributed by atoms with E-state index < -0.39 is 5.97 Å². The first kappa shape index (κ1) is 17.4. The number of ether oxygens (including phenoxy) is 1. The van der Waals surface area contributed by atoms with Gasteiger partial charge in [0, 0.05) is 12.4 Å². The molecule has 1 N–H and O–H groups in total. The van der Waals surface area contributed by atoms with Crippen molar-refractivity contribution in [1.82, 2.24) is 4.98 Å². The number of carbonyl (C=O) groups excluding carboxylic acids is 1. The van der Waals surface area contributed by atoms with Crippen LogP contribution in [-0.2, 0) is 0 Å². The van der Waals surface area contributed by atoms with Crippen molar-refractivity contribution in [2.24, 2.45) is 5.10 Å². The summed E-state index contributed by atoms with van der Waals surface area (Å²) >= 11 is 0. The number of esters is 1. The summed E-state index contributed by atoms with van der Waals surface area (Å²) < 4.78 is 5.33. The first-order chi connectivity index (χ1) is 13.8. The molecule has 0 aliphatic carbocycles. The van der Waals surface area contributed by atoms with Crippen molar-refractivity contribution in [2.75, 3.05) is 5.43 Å². The van der Waals surface area contributed by atoms with Crippen molar-refractivity contribution < 1.29 is 9.53 Å². The molecule has 0 aliphatic heterocycles. The van der Waals surface area contributed by atoms with E-state index in [-0.39, 0.29) is 0 Å². The standard InChI is InChI=1S/C23H17N3O2/c27-23(20-6-3-13-24-16-20)28-22-11-7-17(8-12-22)15-25-26-21-10-9-18-4-1-2-5-19(18)14-21/h1-16,26H/b25-15+. The second-order valence-electron chi connectivity index (χ2n) is 6.13. The van der Waals surface area contributed by atoms with Crippen molar-refractivity contribution in [2.45, 2.75) is 0 Å². The normalized spacial score (nSPS) is 10.9.